The van der Waals surface area contributed by atoms with E-state index in [1.807, 2.05) is 19.0 Å². The highest BCUT2D eigenvalue weighted by Gasteiger charge is 2.25. The predicted octanol–water partition coefficient (Wildman–Crippen LogP) is 4.52. The van der Waals surface area contributed by atoms with E-state index in [0.29, 0.717) is 23.7 Å². The number of thiophene rings is 1. The zero-order chi connectivity index (χ0) is 22.9. The number of fused-ring (bicyclic) bond motifs is 3. The summed E-state index contributed by atoms with van der Waals surface area (Å²) in [6.07, 6.45) is 3.35. The molecule has 3 aromatic rings. The van der Waals surface area contributed by atoms with Crippen LogP contribution in [0.4, 0.5) is 10.2 Å². The highest BCUT2D eigenvalue weighted by atomic mass is 35.5. The number of morpholine rings is 1. The summed E-state index contributed by atoms with van der Waals surface area (Å²) in [5, 5.41) is 5.13. The average Bonchev–Trinajstić information content (AvgIpc) is 3.37. The predicted molar refractivity (Wildman–Crippen MR) is 132 cm³/mol. The molecule has 1 atom stereocenters. The quantitative estimate of drug-likeness (QED) is 0.526. The van der Waals surface area contributed by atoms with Gasteiger partial charge in [-0.05, 0) is 51.1 Å². The molecule has 9 heteroatoms. The highest BCUT2D eigenvalue weighted by Crippen LogP contribution is 2.40. The van der Waals surface area contributed by atoms with Gasteiger partial charge in [-0.2, -0.15) is 0 Å². The second-order valence-electron chi connectivity index (χ2n) is 8.91. The molecule has 0 unspecified atom stereocenters. The van der Waals surface area contributed by atoms with E-state index >= 15 is 0 Å². The summed E-state index contributed by atoms with van der Waals surface area (Å²) in [7, 11) is 3.88. The van der Waals surface area contributed by atoms with Crippen molar-refractivity contribution in [3.8, 4) is 0 Å². The van der Waals surface area contributed by atoms with Crippen molar-refractivity contribution in [2.45, 2.75) is 31.8 Å². The maximum Gasteiger partial charge on any atom is 0.146 e. The van der Waals surface area contributed by atoms with Gasteiger partial charge in [0.15, 0.2) is 0 Å². The minimum absolute atomic E-state index is 0.238. The van der Waals surface area contributed by atoms with Crippen molar-refractivity contribution in [2.75, 3.05) is 52.3 Å². The van der Waals surface area contributed by atoms with Crippen molar-refractivity contribution >= 4 is 39.0 Å². The Bertz CT molecular complexity index is 1130. The molecule has 1 aliphatic heterocycles. The second kappa shape index (κ2) is 9.80. The fourth-order valence-corrected chi connectivity index (χ4v) is 6.33. The first-order chi connectivity index (χ1) is 16.0. The van der Waals surface area contributed by atoms with Crippen molar-refractivity contribution < 1.29 is 9.13 Å². The molecule has 0 radical (unpaired) electrons. The molecular formula is C24H29ClFN5OS. The number of benzene rings is 1. The first-order valence-corrected chi connectivity index (χ1v) is 12.7. The number of anilines is 1. The fourth-order valence-electron chi connectivity index (χ4n) is 4.76. The van der Waals surface area contributed by atoms with Crippen LogP contribution in [-0.4, -0.2) is 66.7 Å². The van der Waals surface area contributed by atoms with E-state index in [4.69, 9.17) is 26.3 Å². The molecule has 33 heavy (non-hydrogen) atoms. The number of ether oxygens (including phenoxy) is 1. The molecule has 1 saturated heterocycles. The molecule has 1 aliphatic carbocycles. The normalized spacial score (nSPS) is 17.6. The highest BCUT2D eigenvalue weighted by molar-refractivity contribution is 7.19. The molecule has 1 aromatic carbocycles. The van der Waals surface area contributed by atoms with Gasteiger partial charge >= 0.3 is 0 Å². The summed E-state index contributed by atoms with van der Waals surface area (Å²) < 4.78 is 20.2. The Balaban J connectivity index is 1.47. The Morgan fingerprint density at radius 1 is 1.24 bits per heavy atom. The van der Waals surface area contributed by atoms with Gasteiger partial charge < -0.3 is 15.0 Å². The van der Waals surface area contributed by atoms with E-state index in [2.05, 4.69) is 10.2 Å². The molecule has 0 amide bonds. The van der Waals surface area contributed by atoms with Crippen molar-refractivity contribution in [3.05, 3.63) is 50.9 Å². The van der Waals surface area contributed by atoms with Gasteiger partial charge in [-0.1, -0.05) is 17.7 Å². The molecule has 6 nitrogen and oxygen atoms in total. The van der Waals surface area contributed by atoms with Crippen LogP contribution in [0.3, 0.4) is 0 Å². The topological polar surface area (TPSA) is 53.5 Å². The molecule has 1 N–H and O–H groups in total. The summed E-state index contributed by atoms with van der Waals surface area (Å²) in [6, 6.07) is 4.61. The van der Waals surface area contributed by atoms with Crippen LogP contribution in [0.5, 0.6) is 0 Å². The first-order valence-electron chi connectivity index (χ1n) is 11.5. The van der Waals surface area contributed by atoms with E-state index in [9.17, 15) is 4.39 Å². The Hall–Kier alpha value is -1.84. The zero-order valence-corrected chi connectivity index (χ0v) is 20.6. The second-order valence-corrected chi connectivity index (χ2v) is 10.4. The van der Waals surface area contributed by atoms with Gasteiger partial charge in [0, 0.05) is 35.1 Å². The van der Waals surface area contributed by atoms with Gasteiger partial charge in [-0.3, -0.25) is 4.90 Å². The molecule has 0 saturated carbocycles. The van der Waals surface area contributed by atoms with Crippen LogP contribution in [0, 0.1) is 5.82 Å². The number of nitrogens with one attached hydrogen (secondary N) is 1. The van der Waals surface area contributed by atoms with Crippen LogP contribution in [0.15, 0.2) is 18.2 Å². The largest absolute Gasteiger partial charge is 0.379 e. The maximum absolute atomic E-state index is 14.7. The molecule has 0 spiro atoms. The van der Waals surface area contributed by atoms with Crippen LogP contribution < -0.4 is 5.32 Å². The third-order valence-corrected chi connectivity index (χ3v) is 8.01. The van der Waals surface area contributed by atoms with Gasteiger partial charge in [0.05, 0.1) is 31.2 Å². The van der Waals surface area contributed by atoms with Crippen molar-refractivity contribution in [1.82, 2.24) is 19.8 Å². The van der Waals surface area contributed by atoms with Crippen LogP contribution in [0.25, 0.3) is 10.2 Å². The third-order valence-electron chi connectivity index (χ3n) is 6.50. The molecule has 1 fully saturated rings. The lowest BCUT2D eigenvalue weighted by Crippen LogP contribution is -2.36. The summed E-state index contributed by atoms with van der Waals surface area (Å²) in [6.45, 7) is 4.45. The van der Waals surface area contributed by atoms with E-state index in [1.165, 1.54) is 22.9 Å². The van der Waals surface area contributed by atoms with Crippen LogP contribution in [-0.2, 0) is 24.1 Å². The van der Waals surface area contributed by atoms with Crippen molar-refractivity contribution in [1.29, 1.82) is 0 Å². The molecule has 5 rings (SSSR count). The maximum atomic E-state index is 14.7. The lowest BCUT2D eigenvalue weighted by atomic mass is 10.0. The van der Waals surface area contributed by atoms with Gasteiger partial charge in [0.25, 0.3) is 0 Å². The van der Waals surface area contributed by atoms with E-state index in [0.717, 1.165) is 61.0 Å². The van der Waals surface area contributed by atoms with Gasteiger partial charge in [-0.15, -0.1) is 11.3 Å². The number of likely N-dealkylation sites (N-methyl/N-ethyl adjacent to an activating group) is 1. The van der Waals surface area contributed by atoms with Gasteiger partial charge in [0.2, 0.25) is 0 Å². The smallest absolute Gasteiger partial charge is 0.146 e. The summed E-state index contributed by atoms with van der Waals surface area (Å²) in [4.78, 5) is 16.7. The summed E-state index contributed by atoms with van der Waals surface area (Å²) in [5.74, 6) is 1.37. The molecular weight excluding hydrogens is 461 g/mol. The Kier molecular flexibility index (Phi) is 6.81. The van der Waals surface area contributed by atoms with E-state index < -0.39 is 0 Å². The first kappa shape index (κ1) is 22.9. The summed E-state index contributed by atoms with van der Waals surface area (Å²) in [5.41, 5.74) is 1.88. The van der Waals surface area contributed by atoms with Crippen LogP contribution >= 0.6 is 22.9 Å². The van der Waals surface area contributed by atoms with Crippen LogP contribution in [0.2, 0.25) is 5.02 Å². The molecule has 2 aromatic heterocycles. The average molecular weight is 490 g/mol. The SMILES string of the molecule is CN(C)[C@@H](CNc1nc(CN2CCOCC2)nc2sc3c(c12)CCC3)c1c(F)cccc1Cl. The minimum atomic E-state index is -0.291. The molecule has 2 aliphatic rings. The van der Waals surface area contributed by atoms with Crippen molar-refractivity contribution in [3.63, 3.8) is 0 Å². The number of nitrogens with zero attached hydrogens (tertiary/aromatic N) is 4. The number of rotatable bonds is 7. The van der Waals surface area contributed by atoms with Gasteiger partial charge in [-0.25, -0.2) is 14.4 Å². The number of halogens is 2. The van der Waals surface area contributed by atoms with E-state index in [1.54, 1.807) is 23.5 Å². The van der Waals surface area contributed by atoms with Crippen LogP contribution in [0.1, 0.15) is 34.3 Å². The molecule has 176 valence electrons. The molecule has 3 heterocycles. The Morgan fingerprint density at radius 2 is 2.06 bits per heavy atom. The van der Waals surface area contributed by atoms with Crippen molar-refractivity contribution in [2.24, 2.45) is 0 Å². The standard InChI is InChI=1S/C24H29ClFN5OS/c1-30(2)18(22-16(25)6-4-7-17(22)26)13-27-23-21-15-5-3-8-19(15)33-24(21)29-20(28-23)14-31-9-11-32-12-10-31/h4,6-7,18H,3,5,8-14H2,1-2H3,(H,27,28,29)/t18-/m0/s1. The lowest BCUT2D eigenvalue weighted by Gasteiger charge is -2.27. The monoisotopic (exact) mass is 489 g/mol. The third kappa shape index (κ3) is 4.72. The Labute approximate surface area is 202 Å². The van der Waals surface area contributed by atoms with Gasteiger partial charge in [0.1, 0.15) is 22.3 Å². The van der Waals surface area contributed by atoms with E-state index in [-0.39, 0.29) is 11.9 Å². The number of aromatic nitrogens is 2. The lowest BCUT2D eigenvalue weighted by molar-refractivity contribution is 0.0331. The number of hydrogen-bond acceptors (Lipinski definition) is 7. The summed E-state index contributed by atoms with van der Waals surface area (Å²) >= 11 is 8.20. The molecule has 0 bridgehead atoms. The number of hydrogen-bond donors (Lipinski definition) is 1. The Morgan fingerprint density at radius 3 is 2.82 bits per heavy atom. The fraction of sp³-hybridized carbons (Fsp3) is 0.500. The number of aryl methyl sites for hydroxylation is 2. The minimum Gasteiger partial charge on any atom is -0.379 e. The zero-order valence-electron chi connectivity index (χ0n) is 19.0.